The van der Waals surface area contributed by atoms with E-state index in [1.165, 1.54) is 13.8 Å². The van der Waals surface area contributed by atoms with Gasteiger partial charge in [0.1, 0.15) is 48.1 Å². The van der Waals surface area contributed by atoms with E-state index in [0.29, 0.717) is 12.8 Å². The van der Waals surface area contributed by atoms with Gasteiger partial charge in [0.05, 0.1) is 43.4 Å². The van der Waals surface area contributed by atoms with Gasteiger partial charge in [-0.05, 0) is 40.2 Å². The largest absolute Gasteiger partial charge is 0.388 e. The minimum Gasteiger partial charge on any atom is -0.388 e. The topological polar surface area (TPSA) is 322 Å². The number of aliphatic hydroxyl groups is 5. The van der Waals surface area contributed by atoms with Crippen LogP contribution in [0.1, 0.15) is 33.1 Å². The third-order valence-electron chi connectivity index (χ3n) is 8.42. The standard InChI is InChI=1S/C26H52N8O10/c1-10(35)22(31)33-8-11-4-5-12(28)24(42-11)43-19-13(29)6-15(34-23(39)16(36)14(30)7-27)20(17(19)37)44-25-18(38)21(32-3)26(2,40)9-41-25/h10-21,24-25,32,35-38,40H,4-9,27-30H2,1-3H3,(H2,31,33)(H,34,39). The van der Waals surface area contributed by atoms with E-state index in [1.54, 1.807) is 7.05 Å². The van der Waals surface area contributed by atoms with Crippen LogP contribution in [0.4, 0.5) is 0 Å². The van der Waals surface area contributed by atoms with Gasteiger partial charge in [-0.15, -0.1) is 0 Å². The Bertz CT molecular complexity index is 964. The maximum Gasteiger partial charge on any atom is 0.250 e. The van der Waals surface area contributed by atoms with Crippen LogP contribution in [-0.4, -0.2) is 155 Å². The van der Waals surface area contributed by atoms with Crippen molar-refractivity contribution in [2.24, 2.45) is 33.7 Å². The molecule has 15 unspecified atom stereocenters. The van der Waals surface area contributed by atoms with Gasteiger partial charge in [-0.25, -0.2) is 0 Å². The van der Waals surface area contributed by atoms with E-state index in [0.717, 1.165) is 0 Å². The van der Waals surface area contributed by atoms with Crippen molar-refractivity contribution in [1.29, 1.82) is 0 Å². The van der Waals surface area contributed by atoms with Crippen LogP contribution in [0.25, 0.3) is 0 Å². The molecule has 3 aliphatic rings. The molecule has 44 heavy (non-hydrogen) atoms. The van der Waals surface area contributed by atoms with E-state index in [2.05, 4.69) is 15.6 Å². The first kappa shape index (κ1) is 36.8. The SMILES string of the molecule is CNC1C(O)C(OC2C(NC(=O)C(O)C(N)CN)CC(N)C(OC3OC(CN=C(N)C(C)O)CCC3N)C2O)OCC1(C)O. The summed E-state index contributed by atoms with van der Waals surface area (Å²) in [4.78, 5) is 17.0. The highest BCUT2D eigenvalue weighted by molar-refractivity contribution is 5.84. The summed E-state index contributed by atoms with van der Waals surface area (Å²) < 4.78 is 23.9. The Balaban J connectivity index is 1.81. The molecule has 17 N–H and O–H groups in total. The molecular formula is C26H52N8O10. The predicted molar refractivity (Wildman–Crippen MR) is 157 cm³/mol. The molecule has 18 nitrogen and oxygen atoms in total. The number of carbonyl (C=O) groups excluding carboxylic acids is 1. The number of hydrogen-bond donors (Lipinski definition) is 12. The molecule has 1 aliphatic carbocycles. The van der Waals surface area contributed by atoms with Crippen molar-refractivity contribution in [3.63, 3.8) is 0 Å². The fourth-order valence-electron chi connectivity index (χ4n) is 5.68. The molecule has 15 atom stereocenters. The maximum absolute atomic E-state index is 12.8. The van der Waals surface area contributed by atoms with Crippen LogP contribution < -0.4 is 39.3 Å². The second-order valence-corrected chi connectivity index (χ2v) is 12.2. The monoisotopic (exact) mass is 636 g/mol. The smallest absolute Gasteiger partial charge is 0.250 e. The van der Waals surface area contributed by atoms with Crippen LogP contribution >= 0.6 is 0 Å². The van der Waals surface area contributed by atoms with Crippen molar-refractivity contribution >= 4 is 11.7 Å². The first-order valence-corrected chi connectivity index (χ1v) is 14.9. The average Bonchev–Trinajstić information content (AvgIpc) is 2.97. The molecule has 0 aromatic rings. The van der Waals surface area contributed by atoms with E-state index < -0.39 is 97.0 Å². The van der Waals surface area contributed by atoms with Crippen molar-refractivity contribution in [2.75, 3.05) is 26.7 Å². The normalized spacial score (nSPS) is 42.4. The van der Waals surface area contributed by atoms with Crippen LogP contribution in [0.15, 0.2) is 4.99 Å². The molecular weight excluding hydrogens is 584 g/mol. The summed E-state index contributed by atoms with van der Waals surface area (Å²) >= 11 is 0. The third-order valence-corrected chi connectivity index (χ3v) is 8.42. The summed E-state index contributed by atoms with van der Waals surface area (Å²) in [5.74, 6) is -0.801. The van der Waals surface area contributed by atoms with Crippen LogP contribution in [-0.2, 0) is 23.7 Å². The average molecular weight is 637 g/mol. The van der Waals surface area contributed by atoms with Crippen molar-refractivity contribution in [3.05, 3.63) is 0 Å². The van der Waals surface area contributed by atoms with E-state index in [-0.39, 0.29) is 32.0 Å². The fraction of sp³-hybridized carbons (Fsp3) is 0.923. The van der Waals surface area contributed by atoms with E-state index >= 15 is 0 Å². The lowest BCUT2D eigenvalue weighted by molar-refractivity contribution is -0.307. The number of rotatable bonds is 12. The Hall–Kier alpha value is -1.62. The van der Waals surface area contributed by atoms with Gasteiger partial charge in [0.2, 0.25) is 0 Å². The molecule has 0 bridgehead atoms. The van der Waals surface area contributed by atoms with E-state index in [4.69, 9.17) is 47.6 Å². The van der Waals surface area contributed by atoms with Crippen molar-refractivity contribution in [3.8, 4) is 0 Å². The molecule has 3 fully saturated rings. The number of likely N-dealkylation sites (N-methyl/N-ethyl adjacent to an activating group) is 1. The molecule has 0 aromatic carbocycles. The zero-order chi connectivity index (χ0) is 32.9. The molecule has 2 saturated heterocycles. The molecule has 2 heterocycles. The summed E-state index contributed by atoms with van der Waals surface area (Å²) in [6, 6.07) is -4.35. The van der Waals surface area contributed by atoms with Gasteiger partial charge in [0.25, 0.3) is 5.91 Å². The van der Waals surface area contributed by atoms with Gasteiger partial charge < -0.3 is 83.8 Å². The molecule has 3 rings (SSSR count). The highest BCUT2D eigenvalue weighted by Gasteiger charge is 2.52. The molecule has 0 spiro atoms. The molecule has 1 saturated carbocycles. The number of ether oxygens (including phenoxy) is 4. The number of aliphatic imine (C=N–C) groups is 1. The molecule has 1 amide bonds. The summed E-state index contributed by atoms with van der Waals surface area (Å²) in [6.07, 6.45) is -9.59. The van der Waals surface area contributed by atoms with Gasteiger partial charge in [-0.3, -0.25) is 9.79 Å². The molecule has 2 aliphatic heterocycles. The Kier molecular flexibility index (Phi) is 13.2. The summed E-state index contributed by atoms with van der Waals surface area (Å²) in [5, 5.41) is 58.6. The number of nitrogens with zero attached hydrogens (tertiary/aromatic N) is 1. The van der Waals surface area contributed by atoms with Gasteiger partial charge in [-0.2, -0.15) is 0 Å². The molecule has 256 valence electrons. The number of amides is 1. The Morgan fingerprint density at radius 1 is 1.11 bits per heavy atom. The zero-order valence-corrected chi connectivity index (χ0v) is 25.4. The fourth-order valence-corrected chi connectivity index (χ4v) is 5.68. The lowest BCUT2D eigenvalue weighted by Gasteiger charge is -2.49. The van der Waals surface area contributed by atoms with Crippen molar-refractivity contribution in [2.45, 2.75) is 124 Å². The predicted octanol–water partition coefficient (Wildman–Crippen LogP) is -6.39. The van der Waals surface area contributed by atoms with Gasteiger partial charge >= 0.3 is 0 Å². The summed E-state index contributed by atoms with van der Waals surface area (Å²) in [7, 11) is 1.55. The second-order valence-electron chi connectivity index (χ2n) is 12.2. The first-order valence-electron chi connectivity index (χ1n) is 14.9. The number of hydrogen-bond acceptors (Lipinski definition) is 16. The Labute approximate surface area is 256 Å². The Morgan fingerprint density at radius 3 is 2.39 bits per heavy atom. The van der Waals surface area contributed by atoms with Crippen LogP contribution in [0.2, 0.25) is 0 Å². The maximum atomic E-state index is 12.8. The van der Waals surface area contributed by atoms with Gasteiger partial charge in [-0.1, -0.05) is 0 Å². The minimum absolute atomic E-state index is 0.000689. The summed E-state index contributed by atoms with van der Waals surface area (Å²) in [5.41, 5.74) is 28.3. The van der Waals surface area contributed by atoms with Crippen molar-refractivity contribution < 1.29 is 49.3 Å². The molecule has 0 radical (unpaired) electrons. The molecule has 0 aromatic heterocycles. The lowest BCUT2D eigenvalue weighted by atomic mass is 9.83. The van der Waals surface area contributed by atoms with Crippen molar-refractivity contribution in [1.82, 2.24) is 10.6 Å². The van der Waals surface area contributed by atoms with E-state index in [1.807, 2.05) is 0 Å². The number of nitrogens with two attached hydrogens (primary N) is 5. The highest BCUT2D eigenvalue weighted by Crippen LogP contribution is 2.32. The van der Waals surface area contributed by atoms with Gasteiger partial charge in [0.15, 0.2) is 12.6 Å². The van der Waals surface area contributed by atoms with Crippen LogP contribution in [0.3, 0.4) is 0 Å². The lowest BCUT2D eigenvalue weighted by Crippen LogP contribution is -2.70. The number of amidine groups is 1. The third kappa shape index (κ3) is 8.80. The molecule has 18 heteroatoms. The Morgan fingerprint density at radius 2 is 1.77 bits per heavy atom. The van der Waals surface area contributed by atoms with Crippen LogP contribution in [0, 0.1) is 0 Å². The van der Waals surface area contributed by atoms with E-state index in [9.17, 15) is 30.3 Å². The first-order chi connectivity index (χ1) is 20.6. The minimum atomic E-state index is -1.65. The number of nitrogens with one attached hydrogen (secondary N) is 2. The zero-order valence-electron chi connectivity index (χ0n) is 25.4. The highest BCUT2D eigenvalue weighted by atomic mass is 16.7. The quantitative estimate of drug-likeness (QED) is 0.0700. The number of carbonyl (C=O) groups is 1. The second kappa shape index (κ2) is 15.8. The summed E-state index contributed by atoms with van der Waals surface area (Å²) in [6.45, 7) is 2.77. The number of aliphatic hydroxyl groups excluding tert-OH is 4. The van der Waals surface area contributed by atoms with Gasteiger partial charge in [0, 0.05) is 12.6 Å². The van der Waals surface area contributed by atoms with Crippen LogP contribution in [0.5, 0.6) is 0 Å².